The maximum atomic E-state index is 14.0. The van der Waals surface area contributed by atoms with E-state index in [1.54, 1.807) is 11.1 Å². The number of benzene rings is 1. The number of carbonyl (C=O) groups is 2. The molecule has 9 nitrogen and oxygen atoms in total. The first-order valence-corrected chi connectivity index (χ1v) is 13.6. The van der Waals surface area contributed by atoms with Gasteiger partial charge in [0.25, 0.3) is 5.91 Å². The lowest BCUT2D eigenvalue weighted by Crippen LogP contribution is -2.48. The number of hydrogen-bond donors (Lipinski definition) is 0. The summed E-state index contributed by atoms with van der Waals surface area (Å²) in [6.07, 6.45) is 4.19. The number of rotatable bonds is 4. The van der Waals surface area contributed by atoms with E-state index < -0.39 is 0 Å². The van der Waals surface area contributed by atoms with Crippen LogP contribution >= 0.6 is 15.9 Å². The molecule has 3 aromatic rings. The van der Waals surface area contributed by atoms with Crippen molar-refractivity contribution < 1.29 is 9.59 Å². The van der Waals surface area contributed by atoms with E-state index in [1.807, 2.05) is 9.58 Å². The zero-order chi connectivity index (χ0) is 26.6. The van der Waals surface area contributed by atoms with Gasteiger partial charge in [-0.25, -0.2) is 9.67 Å². The Morgan fingerprint density at radius 3 is 2.61 bits per heavy atom. The fraction of sp³-hybridized carbons (Fsp3) is 0.357. The molecule has 3 aliphatic heterocycles. The third-order valence-corrected chi connectivity index (χ3v) is 8.18. The van der Waals surface area contributed by atoms with Crippen molar-refractivity contribution in [2.45, 2.75) is 38.6 Å². The molecule has 1 unspecified atom stereocenters. The minimum atomic E-state index is -0.351. The molecule has 6 rings (SSSR count). The van der Waals surface area contributed by atoms with E-state index in [9.17, 15) is 9.59 Å². The van der Waals surface area contributed by atoms with Crippen LogP contribution in [-0.2, 0) is 17.6 Å². The molecule has 38 heavy (non-hydrogen) atoms. The zero-order valence-corrected chi connectivity index (χ0v) is 23.0. The summed E-state index contributed by atoms with van der Waals surface area (Å²) in [5.41, 5.74) is 5.61. The lowest BCUT2D eigenvalue weighted by atomic mass is 9.95. The highest BCUT2D eigenvalue weighted by molar-refractivity contribution is 9.10. The summed E-state index contributed by atoms with van der Waals surface area (Å²) in [6, 6.07) is 8.16. The highest BCUT2D eigenvalue weighted by Gasteiger charge is 2.40. The number of fused-ring (bicyclic) bond motifs is 1. The highest BCUT2D eigenvalue weighted by atomic mass is 79.9. The van der Waals surface area contributed by atoms with Gasteiger partial charge in [-0.2, -0.15) is 5.10 Å². The molecular weight excluding hydrogens is 546 g/mol. The molecule has 10 heteroatoms. The molecule has 0 radical (unpaired) electrons. The van der Waals surface area contributed by atoms with Gasteiger partial charge in [-0.1, -0.05) is 32.6 Å². The largest absolute Gasteiger partial charge is 0.336 e. The molecule has 1 atom stereocenters. The van der Waals surface area contributed by atoms with Gasteiger partial charge in [0.05, 0.1) is 27.6 Å². The van der Waals surface area contributed by atoms with Gasteiger partial charge in [0.1, 0.15) is 17.4 Å². The third kappa shape index (κ3) is 3.98. The molecule has 2 aromatic heterocycles. The van der Waals surface area contributed by atoms with Crippen molar-refractivity contribution >= 4 is 27.7 Å². The Kier molecular flexibility index (Phi) is 6.22. The quantitative estimate of drug-likeness (QED) is 0.448. The lowest BCUT2D eigenvalue weighted by molar-refractivity contribution is -0.126. The first-order chi connectivity index (χ1) is 18.4. The van der Waals surface area contributed by atoms with Crippen LogP contribution in [0, 0.1) is 0 Å². The number of pyridine rings is 1. The van der Waals surface area contributed by atoms with Gasteiger partial charge in [0.15, 0.2) is 5.69 Å². The smallest absolute Gasteiger partial charge is 0.275 e. The van der Waals surface area contributed by atoms with Crippen molar-refractivity contribution in [2.24, 2.45) is 9.98 Å². The number of nitrogens with zero attached hydrogens (tertiary/aromatic N) is 7. The lowest BCUT2D eigenvalue weighted by Gasteiger charge is -2.37. The number of hydrogen-bond acceptors (Lipinski definition) is 6. The summed E-state index contributed by atoms with van der Waals surface area (Å²) < 4.78 is 2.74. The second-order valence-corrected chi connectivity index (χ2v) is 10.9. The number of aromatic nitrogens is 3. The van der Waals surface area contributed by atoms with Crippen LogP contribution in [0.3, 0.4) is 0 Å². The van der Waals surface area contributed by atoms with E-state index in [-0.39, 0.29) is 30.2 Å². The summed E-state index contributed by atoms with van der Waals surface area (Å²) in [5, 5.41) is 6.21. The Morgan fingerprint density at radius 1 is 1.11 bits per heavy atom. The van der Waals surface area contributed by atoms with Crippen LogP contribution in [-0.4, -0.2) is 62.7 Å². The minimum Gasteiger partial charge on any atom is -0.336 e. The predicted octanol–water partition coefficient (Wildman–Crippen LogP) is 2.67. The molecule has 0 aliphatic carbocycles. The Morgan fingerprint density at radius 2 is 1.87 bits per heavy atom. The van der Waals surface area contributed by atoms with Gasteiger partial charge in [0, 0.05) is 44.2 Å². The molecule has 0 saturated carbocycles. The van der Waals surface area contributed by atoms with E-state index >= 15 is 0 Å². The Labute approximate surface area is 228 Å². The predicted molar refractivity (Wildman–Crippen MR) is 145 cm³/mol. The molecule has 2 amide bonds. The van der Waals surface area contributed by atoms with E-state index in [4.69, 9.17) is 5.10 Å². The SMILES string of the molecule is C=CC(=O)N1CCc2nn(-c3ccc(C(C)C)cc3)c3c2C(C1)N(C(=O)c1ncc(Br)c2c1=NCN=2)CC3. The van der Waals surface area contributed by atoms with Crippen molar-refractivity contribution in [1.82, 2.24) is 24.6 Å². The molecule has 194 valence electrons. The van der Waals surface area contributed by atoms with Gasteiger partial charge in [-0.05, 0) is 45.6 Å². The van der Waals surface area contributed by atoms with Crippen LogP contribution in [0.1, 0.15) is 58.8 Å². The standard InChI is InChI=1S/C28H28BrN7O2/c1-4-23(37)34-11-9-20-24-21(36(33-20)18-7-5-17(6-8-18)16(2)3)10-12-35(22(24)14-34)28(38)27-26-25(31-15-32-26)19(29)13-30-27/h4-8,13,16,22H,1,9-12,14-15H2,2-3H3. The summed E-state index contributed by atoms with van der Waals surface area (Å²) in [4.78, 5) is 43.6. The van der Waals surface area contributed by atoms with Gasteiger partial charge in [-0.3, -0.25) is 19.6 Å². The van der Waals surface area contributed by atoms with Crippen LogP contribution in [0.4, 0.5) is 0 Å². The van der Waals surface area contributed by atoms with E-state index in [1.165, 1.54) is 11.6 Å². The van der Waals surface area contributed by atoms with E-state index in [0.29, 0.717) is 49.1 Å². The number of halogens is 1. The van der Waals surface area contributed by atoms with Crippen molar-refractivity contribution in [3.8, 4) is 5.69 Å². The Hall–Kier alpha value is -3.66. The van der Waals surface area contributed by atoms with Crippen molar-refractivity contribution in [2.75, 3.05) is 26.3 Å². The Balaban J connectivity index is 1.44. The van der Waals surface area contributed by atoms with Crippen LogP contribution in [0.15, 0.2) is 57.6 Å². The second kappa shape index (κ2) is 9.58. The molecule has 1 aromatic carbocycles. The molecule has 5 heterocycles. The average molecular weight is 574 g/mol. The van der Waals surface area contributed by atoms with Gasteiger partial charge < -0.3 is 9.80 Å². The maximum Gasteiger partial charge on any atom is 0.275 e. The number of amides is 2. The first kappa shape index (κ1) is 24.7. The van der Waals surface area contributed by atoms with E-state index in [0.717, 1.165) is 27.1 Å². The summed E-state index contributed by atoms with van der Waals surface area (Å²) >= 11 is 3.47. The van der Waals surface area contributed by atoms with Crippen LogP contribution in [0.25, 0.3) is 5.69 Å². The van der Waals surface area contributed by atoms with Crippen molar-refractivity contribution in [3.63, 3.8) is 0 Å². The highest BCUT2D eigenvalue weighted by Crippen LogP contribution is 2.37. The van der Waals surface area contributed by atoms with Crippen molar-refractivity contribution in [1.29, 1.82) is 0 Å². The molecular formula is C28H28BrN7O2. The number of carbonyl (C=O) groups excluding carboxylic acids is 2. The molecule has 0 spiro atoms. The van der Waals surface area contributed by atoms with E-state index in [2.05, 4.69) is 75.6 Å². The van der Waals surface area contributed by atoms with Gasteiger partial charge >= 0.3 is 0 Å². The second-order valence-electron chi connectivity index (χ2n) is 10.1. The average Bonchev–Trinajstić information content (AvgIpc) is 3.52. The molecule has 0 bridgehead atoms. The first-order valence-electron chi connectivity index (χ1n) is 12.8. The summed E-state index contributed by atoms with van der Waals surface area (Å²) in [6.45, 7) is 9.68. The summed E-state index contributed by atoms with van der Waals surface area (Å²) in [7, 11) is 0. The molecule has 3 aliphatic rings. The van der Waals surface area contributed by atoms with Crippen LogP contribution < -0.4 is 10.7 Å². The van der Waals surface area contributed by atoms with Gasteiger partial charge in [0.2, 0.25) is 5.91 Å². The fourth-order valence-corrected chi connectivity index (χ4v) is 6.03. The topological polar surface area (TPSA) is 96.1 Å². The molecule has 0 N–H and O–H groups in total. The summed E-state index contributed by atoms with van der Waals surface area (Å²) in [5.74, 6) is 0.0868. The molecule has 0 saturated heterocycles. The van der Waals surface area contributed by atoms with Crippen LogP contribution in [0.2, 0.25) is 0 Å². The normalized spacial score (nSPS) is 17.8. The zero-order valence-electron chi connectivity index (χ0n) is 21.4. The van der Waals surface area contributed by atoms with Crippen LogP contribution in [0.5, 0.6) is 0 Å². The molecule has 0 fully saturated rings. The fourth-order valence-electron chi connectivity index (χ4n) is 5.62. The van der Waals surface area contributed by atoms with Crippen molar-refractivity contribution in [3.05, 3.63) is 86.5 Å². The monoisotopic (exact) mass is 573 g/mol. The minimum absolute atomic E-state index is 0.150. The van der Waals surface area contributed by atoms with Gasteiger partial charge in [-0.15, -0.1) is 0 Å². The Bertz CT molecular complexity index is 1590. The maximum absolute atomic E-state index is 14.0. The third-order valence-electron chi connectivity index (χ3n) is 7.60.